The van der Waals surface area contributed by atoms with E-state index in [2.05, 4.69) is 20.7 Å². The molecule has 23 heteroatoms. The predicted octanol–water partition coefficient (Wildman–Crippen LogP) is 6.71. The Morgan fingerprint density at radius 1 is 0.971 bits per heavy atom. The molecule has 1 saturated carbocycles. The highest BCUT2D eigenvalue weighted by Gasteiger charge is 2.42. The lowest BCUT2D eigenvalue weighted by molar-refractivity contribution is -0.384. The van der Waals surface area contributed by atoms with Crippen LogP contribution in [0.15, 0.2) is 101 Å². The van der Waals surface area contributed by atoms with Gasteiger partial charge in [-0.25, -0.2) is 36.6 Å². The first kappa shape index (κ1) is 46.4. The van der Waals surface area contributed by atoms with E-state index in [-0.39, 0.29) is 74.6 Å². The first-order valence-electron chi connectivity index (χ1n) is 20.9. The summed E-state index contributed by atoms with van der Waals surface area (Å²) in [6.07, 6.45) is -1.35. The fourth-order valence-corrected chi connectivity index (χ4v) is 9.80. The monoisotopic (exact) mass is 953 g/mol. The molecule has 21 nitrogen and oxygen atoms in total. The maximum absolute atomic E-state index is 16.3. The second kappa shape index (κ2) is 18.0. The average molecular weight is 954 g/mol. The topological polar surface area (TPSA) is 252 Å². The number of aromatic nitrogens is 6. The van der Waals surface area contributed by atoms with Gasteiger partial charge in [0.2, 0.25) is 5.95 Å². The van der Waals surface area contributed by atoms with Gasteiger partial charge in [0.25, 0.3) is 15.7 Å². The third-order valence-corrected chi connectivity index (χ3v) is 12.9. The van der Waals surface area contributed by atoms with Gasteiger partial charge in [-0.3, -0.25) is 23.9 Å². The Morgan fingerprint density at radius 2 is 1.66 bits per heavy atom. The van der Waals surface area contributed by atoms with Gasteiger partial charge in [-0.15, -0.1) is 5.10 Å². The van der Waals surface area contributed by atoms with E-state index in [1.54, 1.807) is 51.1 Å². The maximum Gasteiger partial charge on any atom is 0.514 e. The predicted molar refractivity (Wildman–Crippen MR) is 242 cm³/mol. The summed E-state index contributed by atoms with van der Waals surface area (Å²) in [5.41, 5.74) is -0.563. The van der Waals surface area contributed by atoms with Gasteiger partial charge >= 0.3 is 24.0 Å². The molecule has 0 radical (unpaired) electrons. The number of alkyl carbamates (subject to hydrolysis) is 2. The summed E-state index contributed by atoms with van der Waals surface area (Å²) >= 11 is 0. The van der Waals surface area contributed by atoms with Crippen LogP contribution in [0, 0.1) is 16.1 Å². The van der Waals surface area contributed by atoms with Gasteiger partial charge in [0.05, 0.1) is 56.8 Å². The fraction of sp³-hybridized carbons (Fsp3) is 0.289. The number of nitrogens with zero attached hydrogens (tertiary/aromatic N) is 7. The molecule has 3 atom stereocenters. The van der Waals surface area contributed by atoms with Gasteiger partial charge in [-0.1, -0.05) is 42.5 Å². The summed E-state index contributed by atoms with van der Waals surface area (Å²) in [4.78, 5) is 68.2. The molecular weight excluding hydrogens is 910 g/mol. The smallest absolute Gasteiger partial charge is 0.453 e. The molecule has 3 aromatic carbocycles. The zero-order chi connectivity index (χ0) is 48.8. The summed E-state index contributed by atoms with van der Waals surface area (Å²) < 4.78 is 72.5. The summed E-state index contributed by atoms with van der Waals surface area (Å²) in [6, 6.07) is 17.0. The Hall–Kier alpha value is -8.08. The molecule has 0 unspecified atom stereocenters. The molecule has 1 fully saturated rings. The molecule has 2 N–H and O–H groups in total. The lowest BCUT2D eigenvalue weighted by atomic mass is 9.98. The van der Waals surface area contributed by atoms with Gasteiger partial charge in [-0.05, 0) is 62.6 Å². The van der Waals surface area contributed by atoms with Crippen molar-refractivity contribution in [1.82, 2.24) is 38.5 Å². The molecule has 1 aliphatic carbocycles. The van der Waals surface area contributed by atoms with E-state index < -0.39 is 68.7 Å². The number of hydrogen-bond donors (Lipinski definition) is 2. The van der Waals surface area contributed by atoms with Crippen molar-refractivity contribution in [1.29, 1.82) is 0 Å². The Bertz CT molecular complexity index is 3290. The minimum Gasteiger partial charge on any atom is -0.453 e. The number of rotatable bonds is 11. The molecule has 7 aromatic rings. The second-order valence-electron chi connectivity index (χ2n) is 16.9. The SMILES string of the molecule is COC(=O)N[C@H]1C[C@H](n2c(=O)n(C)c3cnc4c(c(-c5ccc(CNC(=O)OC(C)(C)C)cc5)c(-c5cn(C)nc5F)n4S(=O)(=O)c4ccccc4)c32)C[C@H]1OC(=O)Oc1ccc([N+](=O)[O-])cc1. The fourth-order valence-electron chi connectivity index (χ4n) is 8.29. The van der Waals surface area contributed by atoms with Crippen LogP contribution in [-0.2, 0) is 44.9 Å². The van der Waals surface area contributed by atoms with E-state index in [0.717, 1.165) is 23.2 Å². The summed E-state index contributed by atoms with van der Waals surface area (Å²) in [7, 11) is -0.526. The molecule has 8 rings (SSSR count). The molecule has 68 heavy (non-hydrogen) atoms. The quantitative estimate of drug-likeness (QED) is 0.0450. The number of amides is 2. The van der Waals surface area contributed by atoms with Gasteiger partial charge in [0.15, 0.2) is 5.65 Å². The highest BCUT2D eigenvalue weighted by atomic mass is 32.2. The van der Waals surface area contributed by atoms with Gasteiger partial charge in [0, 0.05) is 57.0 Å². The standard InChI is InChI=1S/C45H44FN9O12S/c1-45(2,3)67-41(56)48-22-25-12-14-26(15-13-25)35-36-38-33(23-47-40(36)54(37(35)31-24-51(4)50-39(31)46)68(62,63)30-10-8-7-9-11-30)52(5)43(58)53(38)28-20-32(49-42(57)64-6)34(21-28)66-44(59)65-29-18-16-27(17-19-29)55(60)61/h7-19,23-24,28,32,34H,20-22H2,1-6H3,(H,48,56)(H,49,57)/t28-,32-,34+/m0/s1. The molecule has 0 bridgehead atoms. The Kier molecular flexibility index (Phi) is 12.3. The zero-order valence-electron chi connectivity index (χ0n) is 37.3. The number of carbonyl (C=O) groups is 3. The number of halogens is 1. The van der Waals surface area contributed by atoms with E-state index in [1.165, 1.54) is 76.7 Å². The van der Waals surface area contributed by atoms with Crippen LogP contribution in [-0.4, -0.2) is 84.4 Å². The first-order valence-corrected chi connectivity index (χ1v) is 22.4. The highest BCUT2D eigenvalue weighted by Crippen LogP contribution is 2.46. The zero-order valence-corrected chi connectivity index (χ0v) is 38.1. The number of non-ortho nitro benzene ring substituents is 1. The van der Waals surface area contributed by atoms with Gasteiger partial charge in [0.1, 0.15) is 17.5 Å². The molecule has 2 amide bonds. The number of hydrogen-bond acceptors (Lipinski definition) is 14. The number of nitro groups is 1. The molecule has 0 aliphatic heterocycles. The van der Waals surface area contributed by atoms with E-state index >= 15 is 12.8 Å². The van der Waals surface area contributed by atoms with Gasteiger partial charge in [-0.2, -0.15) is 4.39 Å². The van der Waals surface area contributed by atoms with Crippen LogP contribution in [0.1, 0.15) is 45.2 Å². The Morgan fingerprint density at radius 3 is 2.28 bits per heavy atom. The number of nitro benzene ring substituents is 1. The van der Waals surface area contributed by atoms with E-state index in [9.17, 15) is 29.3 Å². The number of methoxy groups -OCH3 is 1. The van der Waals surface area contributed by atoms with E-state index in [1.807, 2.05) is 0 Å². The number of nitrogens with one attached hydrogen (secondary N) is 2. The molecule has 0 spiro atoms. The number of aryl methyl sites for hydroxylation is 2. The molecule has 0 saturated heterocycles. The van der Waals surface area contributed by atoms with Crippen LogP contribution in [0.4, 0.5) is 24.5 Å². The minimum absolute atomic E-state index is 0.0325. The average Bonchev–Trinajstić information content (AvgIpc) is 4.02. The third-order valence-electron chi connectivity index (χ3n) is 11.2. The van der Waals surface area contributed by atoms with Crippen LogP contribution in [0.2, 0.25) is 0 Å². The molecular formula is C45H44FN9O12S. The van der Waals surface area contributed by atoms with Crippen LogP contribution in [0.5, 0.6) is 5.75 Å². The number of fused-ring (bicyclic) bond motifs is 3. The van der Waals surface area contributed by atoms with Crippen molar-refractivity contribution in [3.05, 3.63) is 123 Å². The molecule has 4 heterocycles. The number of benzene rings is 3. The molecule has 4 aromatic heterocycles. The Balaban J connectivity index is 1.33. The lowest BCUT2D eigenvalue weighted by Gasteiger charge is -2.19. The van der Waals surface area contributed by atoms with Crippen LogP contribution in [0.25, 0.3) is 44.5 Å². The Labute approximate surface area is 386 Å². The largest absolute Gasteiger partial charge is 0.514 e. The third kappa shape index (κ3) is 8.94. The van der Waals surface area contributed by atoms with Crippen molar-refractivity contribution in [2.24, 2.45) is 14.1 Å². The van der Waals surface area contributed by atoms with Crippen molar-refractivity contribution < 1.29 is 51.1 Å². The van der Waals surface area contributed by atoms with E-state index in [4.69, 9.17) is 18.9 Å². The number of imidazole rings is 1. The van der Waals surface area contributed by atoms with Crippen molar-refractivity contribution in [3.63, 3.8) is 0 Å². The number of carbonyl (C=O) groups excluding carboxylic acids is 3. The highest BCUT2D eigenvalue weighted by molar-refractivity contribution is 7.90. The normalized spacial score (nSPS) is 16.1. The number of pyridine rings is 1. The number of ether oxygens (including phenoxy) is 4. The maximum atomic E-state index is 16.3. The lowest BCUT2D eigenvalue weighted by Crippen LogP contribution is -2.42. The second-order valence-corrected chi connectivity index (χ2v) is 18.7. The first-order chi connectivity index (χ1) is 32.2. The van der Waals surface area contributed by atoms with Crippen LogP contribution in [0.3, 0.4) is 0 Å². The van der Waals surface area contributed by atoms with Crippen molar-refractivity contribution in [2.45, 2.75) is 68.8 Å². The van der Waals surface area contributed by atoms with Crippen molar-refractivity contribution >= 4 is 56.1 Å². The minimum atomic E-state index is -4.64. The van der Waals surface area contributed by atoms with Gasteiger partial charge < -0.3 is 29.6 Å². The van der Waals surface area contributed by atoms with Crippen molar-refractivity contribution in [2.75, 3.05) is 7.11 Å². The molecule has 354 valence electrons. The van der Waals surface area contributed by atoms with Crippen molar-refractivity contribution in [3.8, 4) is 28.1 Å². The summed E-state index contributed by atoms with van der Waals surface area (Å²) in [5.74, 6) is -1.07. The van der Waals surface area contributed by atoms with Crippen LogP contribution >= 0.6 is 0 Å². The summed E-state index contributed by atoms with van der Waals surface area (Å²) in [5, 5.41) is 20.6. The summed E-state index contributed by atoms with van der Waals surface area (Å²) in [6.45, 7) is 5.25. The van der Waals surface area contributed by atoms with E-state index in [0.29, 0.717) is 11.1 Å². The van der Waals surface area contributed by atoms with Crippen LogP contribution < -0.4 is 21.1 Å². The molecule has 1 aliphatic rings.